The van der Waals surface area contributed by atoms with Crippen molar-refractivity contribution >= 4 is 23.3 Å². The average Bonchev–Trinajstić information content (AvgIpc) is 2.26. The Morgan fingerprint density at radius 2 is 2.40 bits per heavy atom. The van der Waals surface area contributed by atoms with Crippen LogP contribution in [0.2, 0.25) is 0 Å². The number of hydrogen-bond acceptors (Lipinski definition) is 5. The molecular weight excluding hydrogens is 208 g/mol. The van der Waals surface area contributed by atoms with Crippen molar-refractivity contribution < 1.29 is 0 Å². The average molecular weight is 226 g/mol. The van der Waals surface area contributed by atoms with E-state index in [1.807, 2.05) is 23.9 Å². The van der Waals surface area contributed by atoms with Gasteiger partial charge in [0.05, 0.1) is 0 Å². The van der Waals surface area contributed by atoms with Gasteiger partial charge in [0.1, 0.15) is 5.82 Å². The molecule has 0 spiro atoms. The number of nitrogen functional groups attached to an aromatic ring is 1. The van der Waals surface area contributed by atoms with Gasteiger partial charge in [0, 0.05) is 29.7 Å². The lowest BCUT2D eigenvalue weighted by Crippen LogP contribution is -2.18. The highest BCUT2D eigenvalue weighted by atomic mass is 32.2. The van der Waals surface area contributed by atoms with Gasteiger partial charge in [-0.25, -0.2) is 10.8 Å². The summed E-state index contributed by atoms with van der Waals surface area (Å²) in [5.41, 5.74) is 3.57. The van der Waals surface area contributed by atoms with E-state index < -0.39 is 0 Å². The minimum absolute atomic E-state index is 0.447. The largest absolute Gasteiger partial charge is 0.382 e. The molecule has 1 atom stereocenters. The van der Waals surface area contributed by atoms with Gasteiger partial charge < -0.3 is 10.7 Å². The quantitative estimate of drug-likeness (QED) is 0.511. The van der Waals surface area contributed by atoms with Crippen LogP contribution in [0.4, 0.5) is 11.5 Å². The number of nitrogens with two attached hydrogens (primary N) is 1. The van der Waals surface area contributed by atoms with E-state index in [4.69, 9.17) is 5.84 Å². The fourth-order valence-electron chi connectivity index (χ4n) is 1.22. The molecule has 0 amide bonds. The Morgan fingerprint density at radius 3 is 3.07 bits per heavy atom. The third-order valence-electron chi connectivity index (χ3n) is 1.89. The molecule has 0 saturated heterocycles. The van der Waals surface area contributed by atoms with E-state index in [9.17, 15) is 0 Å². The molecule has 0 aliphatic carbocycles. The first-order chi connectivity index (χ1) is 7.26. The van der Waals surface area contributed by atoms with Gasteiger partial charge in [-0.2, -0.15) is 11.8 Å². The first-order valence-corrected chi connectivity index (χ1v) is 6.18. The normalized spacial score (nSPS) is 12.2. The summed E-state index contributed by atoms with van der Waals surface area (Å²) < 4.78 is 0. The summed E-state index contributed by atoms with van der Waals surface area (Å²) in [5, 5.41) is 3.40. The molecule has 0 fully saturated rings. The molecule has 1 rings (SSSR count). The van der Waals surface area contributed by atoms with E-state index in [-0.39, 0.29) is 0 Å². The molecule has 1 aromatic heterocycles. The Morgan fingerprint density at radius 1 is 1.60 bits per heavy atom. The Bertz CT molecular complexity index is 293. The van der Waals surface area contributed by atoms with E-state index >= 15 is 0 Å². The van der Waals surface area contributed by atoms with Gasteiger partial charge in [-0.1, -0.05) is 6.92 Å². The lowest BCUT2D eigenvalue weighted by molar-refractivity contribution is 0.912. The van der Waals surface area contributed by atoms with Crippen molar-refractivity contribution in [1.29, 1.82) is 0 Å². The Labute approximate surface area is 95.0 Å². The van der Waals surface area contributed by atoms with Crippen molar-refractivity contribution in [3.63, 3.8) is 0 Å². The smallest absolute Gasteiger partial charge is 0.141 e. The van der Waals surface area contributed by atoms with Crippen molar-refractivity contribution in [3.05, 3.63) is 18.3 Å². The summed E-state index contributed by atoms with van der Waals surface area (Å²) in [7, 11) is 0. The Balaban J connectivity index is 2.48. The van der Waals surface area contributed by atoms with Gasteiger partial charge in [-0.15, -0.1) is 0 Å². The summed E-state index contributed by atoms with van der Waals surface area (Å²) in [6.45, 7) is 4.33. The first kappa shape index (κ1) is 12.1. The number of aromatic nitrogens is 1. The number of pyridine rings is 1. The topological polar surface area (TPSA) is 63.0 Å². The maximum atomic E-state index is 5.29. The molecule has 4 N–H and O–H groups in total. The van der Waals surface area contributed by atoms with Crippen LogP contribution in [0, 0.1) is 0 Å². The van der Waals surface area contributed by atoms with Crippen LogP contribution in [-0.2, 0) is 0 Å². The van der Waals surface area contributed by atoms with Crippen LogP contribution >= 0.6 is 11.8 Å². The second-order valence-electron chi connectivity index (χ2n) is 3.28. The van der Waals surface area contributed by atoms with Crippen LogP contribution in [0.3, 0.4) is 0 Å². The number of hydrogen-bond donors (Lipinski definition) is 3. The molecule has 4 nitrogen and oxygen atoms in total. The molecule has 0 saturated carbocycles. The van der Waals surface area contributed by atoms with E-state index in [1.54, 1.807) is 6.20 Å². The third-order valence-corrected chi connectivity index (χ3v) is 3.04. The van der Waals surface area contributed by atoms with Gasteiger partial charge >= 0.3 is 0 Å². The van der Waals surface area contributed by atoms with Crippen LogP contribution in [0.1, 0.15) is 13.8 Å². The zero-order valence-electron chi connectivity index (χ0n) is 9.16. The fraction of sp³-hybridized carbons (Fsp3) is 0.500. The second kappa shape index (κ2) is 6.53. The number of thioether (sulfide) groups is 1. The summed E-state index contributed by atoms with van der Waals surface area (Å²) >= 11 is 1.93. The molecule has 1 aromatic rings. The highest BCUT2D eigenvalue weighted by Crippen LogP contribution is 2.13. The fourth-order valence-corrected chi connectivity index (χ4v) is 1.89. The lowest BCUT2D eigenvalue weighted by Gasteiger charge is -2.14. The minimum atomic E-state index is 0.447. The van der Waals surface area contributed by atoms with Gasteiger partial charge in [-0.3, -0.25) is 0 Å². The van der Waals surface area contributed by atoms with Crippen molar-refractivity contribution in [2.45, 2.75) is 19.9 Å². The number of hydrazine groups is 1. The van der Waals surface area contributed by atoms with Crippen molar-refractivity contribution in [3.8, 4) is 0 Å². The molecule has 15 heavy (non-hydrogen) atoms. The zero-order valence-corrected chi connectivity index (χ0v) is 9.97. The maximum Gasteiger partial charge on any atom is 0.141 e. The Hall–Kier alpha value is -0.940. The number of anilines is 2. The summed E-state index contributed by atoms with van der Waals surface area (Å²) in [5.74, 6) is 8.21. The third kappa shape index (κ3) is 4.40. The predicted octanol–water partition coefficient (Wildman–Crippen LogP) is 1.92. The van der Waals surface area contributed by atoms with Crippen molar-refractivity contribution in [2.75, 3.05) is 22.2 Å². The van der Waals surface area contributed by atoms with E-state index in [0.717, 1.165) is 17.2 Å². The van der Waals surface area contributed by atoms with Crippen molar-refractivity contribution in [2.24, 2.45) is 5.84 Å². The van der Waals surface area contributed by atoms with Crippen molar-refractivity contribution in [1.82, 2.24) is 4.98 Å². The van der Waals surface area contributed by atoms with Crippen LogP contribution in [-0.4, -0.2) is 22.5 Å². The number of nitrogens with zero attached hydrogens (tertiary/aromatic N) is 1. The number of nitrogens with one attached hydrogen (secondary N) is 2. The monoisotopic (exact) mass is 226 g/mol. The van der Waals surface area contributed by atoms with Gasteiger partial charge in [0.2, 0.25) is 0 Å². The summed E-state index contributed by atoms with van der Waals surface area (Å²) in [4.78, 5) is 4.05. The second-order valence-corrected chi connectivity index (χ2v) is 4.60. The van der Waals surface area contributed by atoms with Crippen LogP contribution < -0.4 is 16.6 Å². The molecule has 0 bridgehead atoms. The summed E-state index contributed by atoms with van der Waals surface area (Å²) in [6, 6.07) is 4.28. The van der Waals surface area contributed by atoms with Crippen LogP contribution in [0.25, 0.3) is 0 Å². The minimum Gasteiger partial charge on any atom is -0.382 e. The zero-order chi connectivity index (χ0) is 11.1. The molecule has 5 heteroatoms. The SMILES string of the molecule is CCSCC(C)Nc1ccnc(NN)c1. The Kier molecular flexibility index (Phi) is 5.28. The standard InChI is InChI=1S/C10H18N4S/c1-3-15-7-8(2)13-9-4-5-12-10(6-9)14-11/h4-6,8H,3,7,11H2,1-2H3,(H2,12,13,14). The molecule has 0 aromatic carbocycles. The molecule has 1 unspecified atom stereocenters. The molecule has 0 aliphatic rings. The highest BCUT2D eigenvalue weighted by Gasteiger charge is 2.02. The van der Waals surface area contributed by atoms with E-state index in [0.29, 0.717) is 11.9 Å². The molecular formula is C10H18N4S. The highest BCUT2D eigenvalue weighted by molar-refractivity contribution is 7.99. The summed E-state index contributed by atoms with van der Waals surface area (Å²) in [6.07, 6.45) is 1.73. The van der Waals surface area contributed by atoms with Gasteiger partial charge in [-0.05, 0) is 18.7 Å². The van der Waals surface area contributed by atoms with E-state index in [2.05, 4.69) is 29.6 Å². The molecule has 84 valence electrons. The number of rotatable bonds is 6. The van der Waals surface area contributed by atoms with Gasteiger partial charge in [0.25, 0.3) is 0 Å². The predicted molar refractivity (Wildman–Crippen MR) is 68.1 cm³/mol. The molecule has 0 aliphatic heterocycles. The lowest BCUT2D eigenvalue weighted by atomic mass is 10.3. The molecule has 1 heterocycles. The van der Waals surface area contributed by atoms with Crippen LogP contribution in [0.15, 0.2) is 18.3 Å². The van der Waals surface area contributed by atoms with E-state index in [1.165, 1.54) is 0 Å². The van der Waals surface area contributed by atoms with Gasteiger partial charge in [0.15, 0.2) is 0 Å². The first-order valence-electron chi connectivity index (χ1n) is 5.03. The molecule has 0 radical (unpaired) electrons. The maximum absolute atomic E-state index is 5.29. The van der Waals surface area contributed by atoms with Crippen LogP contribution in [0.5, 0.6) is 0 Å².